The molecule has 0 heterocycles. The maximum Gasteiger partial charge on any atom is 0.408 e. The van der Waals surface area contributed by atoms with Crippen LogP contribution in [0, 0.1) is 0 Å². The van der Waals surface area contributed by atoms with Gasteiger partial charge in [-0.3, -0.25) is 0 Å². The minimum atomic E-state index is -0.815. The summed E-state index contributed by atoms with van der Waals surface area (Å²) in [5.41, 5.74) is 1.74. The summed E-state index contributed by atoms with van der Waals surface area (Å²) in [7, 11) is 3.14. The third-order valence-corrected chi connectivity index (χ3v) is 7.68. The minimum absolute atomic E-state index is 0.106. The number of hydrogen-bond donors (Lipinski definition) is 2. The van der Waals surface area contributed by atoms with E-state index in [1.807, 2.05) is 67.6 Å². The SMILES string of the molecule is CCOOC[C@H](CCSSCC[C@H](NC(=O)OCc1ccccc1)C(=O)OCC)NC(=O)OCc1ccccc1. The lowest BCUT2D eigenvalue weighted by Crippen LogP contribution is -2.42. The normalized spacial score (nSPS) is 12.2. The topological polar surface area (TPSA) is 121 Å². The van der Waals surface area contributed by atoms with Crippen LogP contribution in [0.15, 0.2) is 60.7 Å². The van der Waals surface area contributed by atoms with Crippen molar-refractivity contribution in [3.05, 3.63) is 71.8 Å². The molecule has 0 saturated carbocycles. The summed E-state index contributed by atoms with van der Waals surface area (Å²) in [6.07, 6.45) is -0.231. The second-order valence-corrected chi connectivity index (χ2v) is 11.0. The Bertz CT molecular complexity index is 985. The van der Waals surface area contributed by atoms with Gasteiger partial charge in [0.1, 0.15) is 25.9 Å². The maximum absolute atomic E-state index is 12.3. The van der Waals surface area contributed by atoms with Crippen molar-refractivity contribution < 1.29 is 38.4 Å². The van der Waals surface area contributed by atoms with Crippen molar-refractivity contribution in [3.63, 3.8) is 0 Å². The lowest BCUT2D eigenvalue weighted by molar-refractivity contribution is -0.294. The van der Waals surface area contributed by atoms with Crippen molar-refractivity contribution in [2.75, 3.05) is 31.3 Å². The van der Waals surface area contributed by atoms with Crippen molar-refractivity contribution in [1.29, 1.82) is 0 Å². The van der Waals surface area contributed by atoms with E-state index < -0.39 is 24.2 Å². The number of amides is 2. The molecule has 0 radical (unpaired) electrons. The highest BCUT2D eigenvalue weighted by molar-refractivity contribution is 8.76. The van der Waals surface area contributed by atoms with Gasteiger partial charge in [0.05, 0.1) is 19.3 Å². The Kier molecular flexibility index (Phi) is 17.4. The Labute approximate surface area is 243 Å². The zero-order valence-electron chi connectivity index (χ0n) is 22.9. The Morgan fingerprint density at radius 1 is 0.700 bits per heavy atom. The molecule has 0 aliphatic carbocycles. The molecule has 0 saturated heterocycles. The van der Waals surface area contributed by atoms with E-state index in [2.05, 4.69) is 10.6 Å². The molecular weight excluding hydrogens is 556 g/mol. The molecule has 0 aliphatic rings. The minimum Gasteiger partial charge on any atom is -0.464 e. The molecule has 2 rings (SSSR count). The van der Waals surface area contributed by atoms with Gasteiger partial charge in [0.25, 0.3) is 0 Å². The molecule has 0 aromatic heterocycles. The number of carbonyl (C=O) groups is 3. The smallest absolute Gasteiger partial charge is 0.408 e. The van der Waals surface area contributed by atoms with Crippen molar-refractivity contribution in [2.24, 2.45) is 0 Å². The van der Waals surface area contributed by atoms with Crippen LogP contribution in [0.3, 0.4) is 0 Å². The molecule has 0 bridgehead atoms. The van der Waals surface area contributed by atoms with Gasteiger partial charge in [0.2, 0.25) is 0 Å². The van der Waals surface area contributed by atoms with Crippen molar-refractivity contribution in [3.8, 4) is 0 Å². The quantitative estimate of drug-likeness (QED) is 0.0556. The highest BCUT2D eigenvalue weighted by Gasteiger charge is 2.23. The molecule has 2 amide bonds. The second-order valence-electron chi connectivity index (χ2n) is 8.33. The Hall–Kier alpha value is -2.93. The van der Waals surface area contributed by atoms with Crippen LogP contribution in [0.25, 0.3) is 0 Å². The van der Waals surface area contributed by atoms with Gasteiger partial charge in [0, 0.05) is 11.5 Å². The summed E-state index contributed by atoms with van der Waals surface area (Å²) in [5, 5.41) is 5.42. The number of ether oxygens (including phenoxy) is 3. The first-order valence-corrected chi connectivity index (χ1v) is 15.6. The van der Waals surface area contributed by atoms with Crippen LogP contribution >= 0.6 is 21.6 Å². The molecule has 40 heavy (non-hydrogen) atoms. The van der Waals surface area contributed by atoms with Crippen LogP contribution in [0.1, 0.15) is 37.8 Å². The van der Waals surface area contributed by atoms with Gasteiger partial charge in [-0.2, -0.15) is 0 Å². The van der Waals surface area contributed by atoms with Crippen molar-refractivity contribution in [2.45, 2.75) is 52.0 Å². The summed E-state index contributed by atoms with van der Waals surface area (Å²) in [6.45, 7) is 4.59. The fourth-order valence-corrected chi connectivity index (χ4v) is 5.45. The van der Waals surface area contributed by atoms with Gasteiger partial charge in [-0.1, -0.05) is 82.3 Å². The molecule has 220 valence electrons. The lowest BCUT2D eigenvalue weighted by atomic mass is 10.2. The van der Waals surface area contributed by atoms with Crippen molar-refractivity contribution >= 4 is 39.7 Å². The van der Waals surface area contributed by atoms with Crippen LogP contribution in [-0.2, 0) is 42.0 Å². The van der Waals surface area contributed by atoms with Crippen LogP contribution in [0.2, 0.25) is 0 Å². The molecule has 2 aromatic rings. The zero-order chi connectivity index (χ0) is 28.8. The molecule has 10 nitrogen and oxygen atoms in total. The average Bonchev–Trinajstić information content (AvgIpc) is 2.97. The Morgan fingerprint density at radius 3 is 1.80 bits per heavy atom. The van der Waals surface area contributed by atoms with E-state index in [9.17, 15) is 14.4 Å². The number of esters is 1. The van der Waals surface area contributed by atoms with Gasteiger partial charge in [-0.05, 0) is 37.8 Å². The fraction of sp³-hybridized carbons (Fsp3) is 0.464. The van der Waals surface area contributed by atoms with Crippen molar-refractivity contribution in [1.82, 2.24) is 10.6 Å². The first-order chi connectivity index (χ1) is 19.5. The second kappa shape index (κ2) is 20.9. The van der Waals surface area contributed by atoms with Gasteiger partial charge in [0.15, 0.2) is 0 Å². The summed E-state index contributed by atoms with van der Waals surface area (Å²) in [4.78, 5) is 47.0. The molecular formula is C28H38N2O8S2. The Morgan fingerprint density at radius 2 is 1.25 bits per heavy atom. The molecule has 0 aliphatic heterocycles. The molecule has 2 aromatic carbocycles. The number of alkyl carbamates (subject to hydrolysis) is 2. The summed E-state index contributed by atoms with van der Waals surface area (Å²) < 4.78 is 15.6. The first-order valence-electron chi connectivity index (χ1n) is 13.1. The number of hydrogen-bond acceptors (Lipinski definition) is 10. The van der Waals surface area contributed by atoms with Gasteiger partial charge >= 0.3 is 18.2 Å². The van der Waals surface area contributed by atoms with Gasteiger partial charge < -0.3 is 24.8 Å². The molecule has 0 unspecified atom stereocenters. The fourth-order valence-electron chi connectivity index (χ4n) is 3.22. The van der Waals surface area contributed by atoms with Gasteiger partial charge in [-0.15, -0.1) is 0 Å². The summed E-state index contributed by atoms with van der Waals surface area (Å²) in [6, 6.07) is 17.6. The van der Waals surface area contributed by atoms with Crippen LogP contribution in [0.4, 0.5) is 9.59 Å². The predicted octanol–water partition coefficient (Wildman–Crippen LogP) is 5.27. The van der Waals surface area contributed by atoms with E-state index in [1.54, 1.807) is 28.5 Å². The number of rotatable bonds is 19. The standard InChI is InChI=1S/C28H38N2O8S2/c1-3-34-26(31)25(30-28(33)36-20-23-13-9-6-10-14-23)16-18-40-39-17-15-24(21-38-37-4-2)29-27(32)35-19-22-11-7-5-8-12-22/h5-14,24-25H,3-4,15-21H2,1-2H3,(H,29,32)(H,30,33)/t24-,25-/m0/s1. The third kappa shape index (κ3) is 15.0. The highest BCUT2D eigenvalue weighted by atomic mass is 33.1. The monoisotopic (exact) mass is 594 g/mol. The molecule has 0 spiro atoms. The average molecular weight is 595 g/mol. The Balaban J connectivity index is 1.71. The number of nitrogens with one attached hydrogen (secondary N) is 2. The third-order valence-electron chi connectivity index (χ3n) is 5.20. The predicted molar refractivity (Wildman–Crippen MR) is 155 cm³/mol. The largest absolute Gasteiger partial charge is 0.464 e. The molecule has 2 atom stereocenters. The van der Waals surface area contributed by atoms with Crippen LogP contribution in [-0.4, -0.2) is 61.6 Å². The lowest BCUT2D eigenvalue weighted by Gasteiger charge is -2.18. The first kappa shape index (κ1) is 33.3. The van der Waals surface area contributed by atoms with E-state index in [-0.39, 0.29) is 32.5 Å². The molecule has 12 heteroatoms. The summed E-state index contributed by atoms with van der Waals surface area (Å²) >= 11 is 0. The van der Waals surface area contributed by atoms with E-state index in [4.69, 9.17) is 24.0 Å². The van der Waals surface area contributed by atoms with Crippen LogP contribution < -0.4 is 10.6 Å². The van der Waals surface area contributed by atoms with E-state index in [1.165, 1.54) is 0 Å². The van der Waals surface area contributed by atoms with Crippen LogP contribution in [0.5, 0.6) is 0 Å². The van der Waals surface area contributed by atoms with E-state index in [0.29, 0.717) is 31.0 Å². The van der Waals surface area contributed by atoms with E-state index in [0.717, 1.165) is 11.1 Å². The number of benzene rings is 2. The zero-order valence-corrected chi connectivity index (χ0v) is 24.5. The van der Waals surface area contributed by atoms with E-state index >= 15 is 0 Å². The molecule has 2 N–H and O–H groups in total. The van der Waals surface area contributed by atoms with Gasteiger partial charge in [-0.25, -0.2) is 24.2 Å². The maximum atomic E-state index is 12.3. The highest BCUT2D eigenvalue weighted by Crippen LogP contribution is 2.24. The number of carbonyl (C=O) groups excluding carboxylic acids is 3. The molecule has 0 fully saturated rings. The summed E-state index contributed by atoms with van der Waals surface area (Å²) in [5.74, 6) is 0.774.